The summed E-state index contributed by atoms with van der Waals surface area (Å²) in [7, 11) is 1.54. The highest BCUT2D eigenvalue weighted by Crippen LogP contribution is 2.00. The van der Waals surface area contributed by atoms with Gasteiger partial charge < -0.3 is 4.74 Å². The number of ether oxygens (including phenoxy) is 1. The second-order valence-corrected chi connectivity index (χ2v) is 1.79. The number of hydrogen-bond donors (Lipinski definition) is 0. The van der Waals surface area contributed by atoms with Crippen LogP contribution in [0.1, 0.15) is 20.3 Å². The van der Waals surface area contributed by atoms with Crippen molar-refractivity contribution >= 4 is 5.78 Å². The summed E-state index contributed by atoms with van der Waals surface area (Å²) in [6.07, 6.45) is 2.23. The quantitative estimate of drug-likeness (QED) is 0.425. The van der Waals surface area contributed by atoms with Gasteiger partial charge in [0.2, 0.25) is 0 Å². The molecule has 9 heavy (non-hydrogen) atoms. The maximum absolute atomic E-state index is 10.6. The summed E-state index contributed by atoms with van der Waals surface area (Å²) in [5.74, 6) is 0.0827. The van der Waals surface area contributed by atoms with Crippen LogP contribution in [0.5, 0.6) is 0 Å². The molecule has 0 N–H and O–H groups in total. The van der Waals surface area contributed by atoms with Crippen molar-refractivity contribution in [2.24, 2.45) is 0 Å². The van der Waals surface area contributed by atoms with E-state index in [1.54, 1.807) is 7.11 Å². The lowest BCUT2D eigenvalue weighted by molar-refractivity contribution is -0.113. The van der Waals surface area contributed by atoms with Gasteiger partial charge in [0, 0.05) is 5.57 Å². The zero-order chi connectivity index (χ0) is 7.28. The zero-order valence-corrected chi connectivity index (χ0v) is 6.10. The first-order chi connectivity index (χ1) is 4.22. The zero-order valence-electron chi connectivity index (χ0n) is 6.10. The number of hydrogen-bond acceptors (Lipinski definition) is 2. The molecule has 0 aliphatic rings. The van der Waals surface area contributed by atoms with Gasteiger partial charge in [-0.25, -0.2) is 0 Å². The summed E-state index contributed by atoms with van der Waals surface area (Å²) >= 11 is 0. The molecular formula is C7H12O2. The van der Waals surface area contributed by atoms with Crippen LogP contribution in [-0.4, -0.2) is 12.9 Å². The molecule has 0 aliphatic heterocycles. The lowest BCUT2D eigenvalue weighted by Crippen LogP contribution is -1.94. The Morgan fingerprint density at radius 2 is 2.22 bits per heavy atom. The second-order valence-electron chi connectivity index (χ2n) is 1.79. The van der Waals surface area contributed by atoms with Crippen molar-refractivity contribution in [3.8, 4) is 0 Å². The van der Waals surface area contributed by atoms with Crippen LogP contribution in [0.15, 0.2) is 11.8 Å². The molecule has 0 aromatic carbocycles. The van der Waals surface area contributed by atoms with Crippen molar-refractivity contribution in [3.05, 3.63) is 11.8 Å². The molecule has 0 amide bonds. The molecule has 52 valence electrons. The molecular weight excluding hydrogens is 116 g/mol. The summed E-state index contributed by atoms with van der Waals surface area (Å²) in [6, 6.07) is 0. The van der Waals surface area contributed by atoms with E-state index in [4.69, 9.17) is 0 Å². The molecule has 0 spiro atoms. The maximum Gasteiger partial charge on any atom is 0.158 e. The van der Waals surface area contributed by atoms with Gasteiger partial charge in [0.25, 0.3) is 0 Å². The predicted molar refractivity (Wildman–Crippen MR) is 36.1 cm³/mol. The Labute approximate surface area is 55.5 Å². The minimum atomic E-state index is 0.0827. The van der Waals surface area contributed by atoms with E-state index in [-0.39, 0.29) is 5.78 Å². The first kappa shape index (κ1) is 8.21. The average molecular weight is 128 g/mol. The van der Waals surface area contributed by atoms with Crippen molar-refractivity contribution in [1.82, 2.24) is 0 Å². The molecule has 0 saturated carbocycles. The van der Waals surface area contributed by atoms with Crippen molar-refractivity contribution in [2.75, 3.05) is 7.11 Å². The smallest absolute Gasteiger partial charge is 0.158 e. The number of carbonyl (C=O) groups is 1. The Morgan fingerprint density at radius 3 is 2.33 bits per heavy atom. The third-order valence-corrected chi connectivity index (χ3v) is 1.09. The van der Waals surface area contributed by atoms with Crippen LogP contribution in [0.3, 0.4) is 0 Å². The highest BCUT2D eigenvalue weighted by molar-refractivity contribution is 5.92. The number of allylic oxidation sites excluding steroid dienone is 1. The fraction of sp³-hybridized carbons (Fsp3) is 0.571. The molecule has 0 fully saturated rings. The van der Waals surface area contributed by atoms with Gasteiger partial charge in [0.15, 0.2) is 5.78 Å². The Balaban J connectivity index is 3.98. The first-order valence-corrected chi connectivity index (χ1v) is 2.95. The highest BCUT2D eigenvalue weighted by Gasteiger charge is 1.98. The molecule has 0 heterocycles. The van der Waals surface area contributed by atoms with Crippen molar-refractivity contribution in [2.45, 2.75) is 20.3 Å². The fourth-order valence-corrected chi connectivity index (χ4v) is 0.558. The van der Waals surface area contributed by atoms with E-state index in [1.807, 2.05) is 6.92 Å². The molecule has 0 saturated heterocycles. The van der Waals surface area contributed by atoms with Gasteiger partial charge in [-0.05, 0) is 13.3 Å². The van der Waals surface area contributed by atoms with E-state index in [0.29, 0.717) is 0 Å². The third kappa shape index (κ3) is 2.90. The van der Waals surface area contributed by atoms with Gasteiger partial charge in [-0.2, -0.15) is 0 Å². The summed E-state index contributed by atoms with van der Waals surface area (Å²) in [6.45, 7) is 3.46. The van der Waals surface area contributed by atoms with Gasteiger partial charge >= 0.3 is 0 Å². The highest BCUT2D eigenvalue weighted by atomic mass is 16.5. The van der Waals surface area contributed by atoms with E-state index in [9.17, 15) is 4.79 Å². The topological polar surface area (TPSA) is 26.3 Å². The number of carbonyl (C=O) groups excluding carboxylic acids is 1. The summed E-state index contributed by atoms with van der Waals surface area (Å²) in [4.78, 5) is 10.6. The van der Waals surface area contributed by atoms with Crippen LogP contribution in [-0.2, 0) is 9.53 Å². The van der Waals surface area contributed by atoms with E-state index >= 15 is 0 Å². The van der Waals surface area contributed by atoms with Crippen LogP contribution in [0.4, 0.5) is 0 Å². The van der Waals surface area contributed by atoms with E-state index < -0.39 is 0 Å². The number of Topliss-reactive ketones (excluding diaryl/α,β-unsaturated/α-hetero) is 1. The lowest BCUT2D eigenvalue weighted by Gasteiger charge is -1.95. The number of ketones is 1. The SMILES string of the molecule is CC/C(=C/OC)C(C)=O. The van der Waals surface area contributed by atoms with Gasteiger partial charge in [-0.3, -0.25) is 4.79 Å². The van der Waals surface area contributed by atoms with E-state index in [0.717, 1.165) is 12.0 Å². The van der Waals surface area contributed by atoms with E-state index in [2.05, 4.69) is 4.74 Å². The van der Waals surface area contributed by atoms with Crippen LogP contribution in [0.25, 0.3) is 0 Å². The Morgan fingerprint density at radius 1 is 1.67 bits per heavy atom. The normalized spacial score (nSPS) is 11.2. The van der Waals surface area contributed by atoms with Gasteiger partial charge in [0.05, 0.1) is 13.4 Å². The molecule has 0 rings (SSSR count). The Bertz CT molecular complexity index is 125. The van der Waals surface area contributed by atoms with Crippen LogP contribution in [0, 0.1) is 0 Å². The minimum Gasteiger partial charge on any atom is -0.504 e. The summed E-state index contributed by atoms with van der Waals surface area (Å²) < 4.78 is 4.67. The van der Waals surface area contributed by atoms with Gasteiger partial charge in [-0.1, -0.05) is 6.92 Å². The number of rotatable bonds is 3. The third-order valence-electron chi connectivity index (χ3n) is 1.09. The minimum absolute atomic E-state index is 0.0827. The molecule has 0 aromatic heterocycles. The van der Waals surface area contributed by atoms with Gasteiger partial charge in [0.1, 0.15) is 0 Å². The molecule has 2 nitrogen and oxygen atoms in total. The lowest BCUT2D eigenvalue weighted by atomic mass is 10.2. The van der Waals surface area contributed by atoms with Crippen molar-refractivity contribution in [1.29, 1.82) is 0 Å². The number of methoxy groups -OCH3 is 1. The molecule has 0 bridgehead atoms. The summed E-state index contributed by atoms with van der Waals surface area (Å²) in [5.41, 5.74) is 0.734. The molecule has 0 atom stereocenters. The molecule has 0 aromatic rings. The van der Waals surface area contributed by atoms with Crippen LogP contribution in [0.2, 0.25) is 0 Å². The first-order valence-electron chi connectivity index (χ1n) is 2.95. The maximum atomic E-state index is 10.6. The van der Waals surface area contributed by atoms with E-state index in [1.165, 1.54) is 13.2 Å². The predicted octanol–water partition coefficient (Wildman–Crippen LogP) is 1.52. The van der Waals surface area contributed by atoms with Crippen LogP contribution < -0.4 is 0 Å². The summed E-state index contributed by atoms with van der Waals surface area (Å²) in [5, 5.41) is 0. The average Bonchev–Trinajstić information content (AvgIpc) is 1.82. The Kier molecular flexibility index (Phi) is 3.76. The Hall–Kier alpha value is -0.790. The standard InChI is InChI=1S/C7H12O2/c1-4-7(5-9-3)6(2)8/h5H,4H2,1-3H3/b7-5-. The van der Waals surface area contributed by atoms with Crippen molar-refractivity contribution in [3.63, 3.8) is 0 Å². The molecule has 0 aliphatic carbocycles. The molecule has 0 radical (unpaired) electrons. The van der Waals surface area contributed by atoms with Crippen molar-refractivity contribution < 1.29 is 9.53 Å². The molecule has 2 heteroatoms. The molecule has 0 unspecified atom stereocenters. The largest absolute Gasteiger partial charge is 0.504 e. The monoisotopic (exact) mass is 128 g/mol. The van der Waals surface area contributed by atoms with Gasteiger partial charge in [-0.15, -0.1) is 0 Å². The fourth-order valence-electron chi connectivity index (χ4n) is 0.558. The second kappa shape index (κ2) is 4.13. The van der Waals surface area contributed by atoms with Crippen LogP contribution >= 0.6 is 0 Å².